The minimum Gasteiger partial charge on any atom is -0.323 e. The second-order valence-electron chi connectivity index (χ2n) is 7.25. The summed E-state index contributed by atoms with van der Waals surface area (Å²) in [5, 5.41) is 7.79. The average molecular weight is 422 g/mol. The number of anilines is 1. The highest BCUT2D eigenvalue weighted by Crippen LogP contribution is 2.21. The summed E-state index contributed by atoms with van der Waals surface area (Å²) in [5.74, 6) is 0.0543. The highest BCUT2D eigenvalue weighted by molar-refractivity contribution is 6.33. The van der Waals surface area contributed by atoms with Crippen LogP contribution in [0, 0.1) is 0 Å². The van der Waals surface area contributed by atoms with Crippen LogP contribution in [0.25, 0.3) is 16.7 Å². The second-order valence-corrected chi connectivity index (χ2v) is 7.65. The molecule has 0 saturated heterocycles. The van der Waals surface area contributed by atoms with Crippen molar-refractivity contribution in [2.75, 3.05) is 5.32 Å². The minimum absolute atomic E-state index is 0.179. The third-order valence-corrected chi connectivity index (χ3v) is 5.15. The molecule has 1 amide bonds. The molecular formula is C22H20ClN5O2. The van der Waals surface area contributed by atoms with Crippen molar-refractivity contribution >= 4 is 34.2 Å². The van der Waals surface area contributed by atoms with E-state index in [9.17, 15) is 9.59 Å². The normalized spacial score (nSPS) is 11.2. The molecule has 2 aromatic carbocycles. The number of nitrogens with one attached hydrogen (secondary N) is 1. The van der Waals surface area contributed by atoms with Crippen molar-refractivity contribution in [3.8, 4) is 5.69 Å². The van der Waals surface area contributed by atoms with Crippen LogP contribution in [0.5, 0.6) is 0 Å². The van der Waals surface area contributed by atoms with E-state index in [0.29, 0.717) is 27.7 Å². The third kappa shape index (κ3) is 3.84. The molecule has 0 unspecified atom stereocenters. The van der Waals surface area contributed by atoms with E-state index in [1.165, 1.54) is 22.7 Å². The largest absolute Gasteiger partial charge is 0.323 e. The van der Waals surface area contributed by atoms with Gasteiger partial charge in [0.2, 0.25) is 5.91 Å². The number of halogens is 1. The van der Waals surface area contributed by atoms with Crippen LogP contribution in [0.1, 0.15) is 25.3 Å². The maximum Gasteiger partial charge on any atom is 0.264 e. The highest BCUT2D eigenvalue weighted by Gasteiger charge is 2.14. The molecule has 0 bridgehead atoms. The SMILES string of the molecule is CC(C)c1ccc(-n2ncc3c(=O)n(CC(=O)Nc4ccccc4Cl)cnc32)cc1. The first-order valence-corrected chi connectivity index (χ1v) is 9.89. The molecule has 0 aliphatic heterocycles. The predicted octanol–water partition coefficient (Wildman–Crippen LogP) is 4.00. The first kappa shape index (κ1) is 19.8. The summed E-state index contributed by atoms with van der Waals surface area (Å²) in [6.07, 6.45) is 2.83. The molecule has 4 rings (SSSR count). The number of hydrogen-bond acceptors (Lipinski definition) is 4. The van der Waals surface area contributed by atoms with Crippen LogP contribution in [0.2, 0.25) is 5.02 Å². The Morgan fingerprint density at radius 1 is 1.13 bits per heavy atom. The van der Waals surface area contributed by atoms with E-state index in [1.807, 2.05) is 24.3 Å². The lowest BCUT2D eigenvalue weighted by molar-refractivity contribution is -0.116. The van der Waals surface area contributed by atoms with Gasteiger partial charge in [-0.2, -0.15) is 5.10 Å². The van der Waals surface area contributed by atoms with Crippen LogP contribution in [0.3, 0.4) is 0 Å². The fourth-order valence-corrected chi connectivity index (χ4v) is 3.34. The Bertz CT molecular complexity index is 1270. The van der Waals surface area contributed by atoms with Crippen molar-refractivity contribution in [1.82, 2.24) is 19.3 Å². The van der Waals surface area contributed by atoms with E-state index in [2.05, 4.69) is 29.2 Å². The molecule has 0 saturated carbocycles. The van der Waals surface area contributed by atoms with Crippen molar-refractivity contribution in [3.05, 3.63) is 82.0 Å². The molecule has 2 heterocycles. The van der Waals surface area contributed by atoms with Crippen molar-refractivity contribution in [1.29, 1.82) is 0 Å². The van der Waals surface area contributed by atoms with Crippen molar-refractivity contribution in [2.24, 2.45) is 0 Å². The summed E-state index contributed by atoms with van der Waals surface area (Å²) in [6, 6.07) is 14.9. The Kier molecular flexibility index (Phi) is 5.37. The fourth-order valence-electron chi connectivity index (χ4n) is 3.16. The average Bonchev–Trinajstić information content (AvgIpc) is 3.17. The zero-order valence-electron chi connectivity index (χ0n) is 16.5. The van der Waals surface area contributed by atoms with Crippen LogP contribution in [-0.4, -0.2) is 25.2 Å². The lowest BCUT2D eigenvalue weighted by Gasteiger charge is -2.09. The van der Waals surface area contributed by atoms with Gasteiger partial charge in [-0.25, -0.2) is 9.67 Å². The van der Waals surface area contributed by atoms with Gasteiger partial charge >= 0.3 is 0 Å². The first-order chi connectivity index (χ1) is 14.4. The van der Waals surface area contributed by atoms with Gasteiger partial charge in [-0.3, -0.25) is 14.2 Å². The van der Waals surface area contributed by atoms with Gasteiger partial charge in [-0.15, -0.1) is 0 Å². The first-order valence-electron chi connectivity index (χ1n) is 9.52. The molecule has 0 radical (unpaired) electrons. The monoisotopic (exact) mass is 421 g/mol. The molecule has 152 valence electrons. The van der Waals surface area contributed by atoms with Gasteiger partial charge in [-0.05, 0) is 35.7 Å². The molecule has 8 heteroatoms. The Balaban J connectivity index is 1.60. The van der Waals surface area contributed by atoms with Gasteiger partial charge in [0.05, 0.1) is 22.6 Å². The molecule has 0 aliphatic rings. The summed E-state index contributed by atoms with van der Waals surface area (Å²) in [4.78, 5) is 29.6. The van der Waals surface area contributed by atoms with Gasteiger partial charge in [-0.1, -0.05) is 49.7 Å². The smallest absolute Gasteiger partial charge is 0.264 e. The van der Waals surface area contributed by atoms with E-state index in [1.54, 1.807) is 28.9 Å². The molecule has 4 aromatic rings. The molecular weight excluding hydrogens is 402 g/mol. The van der Waals surface area contributed by atoms with E-state index in [-0.39, 0.29) is 18.0 Å². The number of carbonyl (C=O) groups is 1. The molecule has 30 heavy (non-hydrogen) atoms. The molecule has 0 aliphatic carbocycles. The summed E-state index contributed by atoms with van der Waals surface area (Å²) >= 11 is 6.06. The quantitative estimate of drug-likeness (QED) is 0.528. The summed E-state index contributed by atoms with van der Waals surface area (Å²) < 4.78 is 2.87. The summed E-state index contributed by atoms with van der Waals surface area (Å²) in [6.45, 7) is 4.08. The van der Waals surface area contributed by atoms with Crippen molar-refractivity contribution in [3.63, 3.8) is 0 Å². The molecule has 0 fully saturated rings. The third-order valence-electron chi connectivity index (χ3n) is 4.82. The maximum absolute atomic E-state index is 12.8. The van der Waals surface area contributed by atoms with Gasteiger partial charge in [0, 0.05) is 0 Å². The van der Waals surface area contributed by atoms with Crippen LogP contribution >= 0.6 is 11.6 Å². The molecule has 7 nitrogen and oxygen atoms in total. The standard InChI is InChI=1S/C22H20ClN5O2/c1-14(2)15-7-9-16(10-8-15)28-21-17(11-25-28)22(30)27(13-24-21)12-20(29)26-19-6-4-3-5-18(19)23/h3-11,13-14H,12H2,1-2H3,(H,26,29). The van der Waals surface area contributed by atoms with Crippen LogP contribution in [0.15, 0.2) is 65.8 Å². The van der Waals surface area contributed by atoms with E-state index in [4.69, 9.17) is 11.6 Å². The van der Waals surface area contributed by atoms with Gasteiger partial charge in [0.25, 0.3) is 5.56 Å². The lowest BCUT2D eigenvalue weighted by atomic mass is 10.0. The van der Waals surface area contributed by atoms with E-state index in [0.717, 1.165) is 5.69 Å². The number of amides is 1. The fraction of sp³-hybridized carbons (Fsp3) is 0.182. The number of carbonyl (C=O) groups excluding carboxylic acids is 1. The number of benzene rings is 2. The van der Waals surface area contributed by atoms with Crippen molar-refractivity contribution in [2.45, 2.75) is 26.3 Å². The highest BCUT2D eigenvalue weighted by atomic mass is 35.5. The van der Waals surface area contributed by atoms with Gasteiger partial charge < -0.3 is 5.32 Å². The van der Waals surface area contributed by atoms with Crippen LogP contribution in [0.4, 0.5) is 5.69 Å². The Morgan fingerprint density at radius 2 is 1.87 bits per heavy atom. The number of hydrogen-bond donors (Lipinski definition) is 1. The Hall–Kier alpha value is -3.45. The van der Waals surface area contributed by atoms with Crippen LogP contribution in [-0.2, 0) is 11.3 Å². The number of aromatic nitrogens is 4. The Morgan fingerprint density at radius 3 is 2.57 bits per heavy atom. The maximum atomic E-state index is 12.8. The number of rotatable bonds is 5. The zero-order chi connectivity index (χ0) is 21.3. The number of para-hydroxylation sites is 1. The second kappa shape index (κ2) is 8.12. The van der Waals surface area contributed by atoms with Gasteiger partial charge in [0.1, 0.15) is 18.3 Å². The van der Waals surface area contributed by atoms with Gasteiger partial charge in [0.15, 0.2) is 5.65 Å². The molecule has 0 spiro atoms. The number of fused-ring (bicyclic) bond motifs is 1. The number of nitrogens with zero attached hydrogens (tertiary/aromatic N) is 4. The van der Waals surface area contributed by atoms with Crippen molar-refractivity contribution < 1.29 is 4.79 Å². The van der Waals surface area contributed by atoms with E-state index >= 15 is 0 Å². The predicted molar refractivity (Wildman–Crippen MR) is 117 cm³/mol. The summed E-state index contributed by atoms with van der Waals surface area (Å²) in [5.41, 5.74) is 2.63. The zero-order valence-corrected chi connectivity index (χ0v) is 17.3. The topological polar surface area (TPSA) is 81.8 Å². The minimum atomic E-state index is -0.372. The van der Waals surface area contributed by atoms with E-state index < -0.39 is 0 Å². The lowest BCUT2D eigenvalue weighted by Crippen LogP contribution is -2.27. The molecule has 1 N–H and O–H groups in total. The summed E-state index contributed by atoms with van der Waals surface area (Å²) in [7, 11) is 0. The molecule has 0 atom stereocenters. The Labute approximate surface area is 177 Å². The molecule has 2 aromatic heterocycles. The van der Waals surface area contributed by atoms with Crippen LogP contribution < -0.4 is 10.9 Å².